The molecule has 0 saturated carbocycles. The van der Waals surface area contributed by atoms with Crippen LogP contribution in [0.15, 0.2) is 23.1 Å². The van der Waals surface area contributed by atoms with E-state index in [1.54, 1.807) is 6.92 Å². The van der Waals surface area contributed by atoms with E-state index >= 15 is 0 Å². The van der Waals surface area contributed by atoms with E-state index in [-0.39, 0.29) is 21.7 Å². The van der Waals surface area contributed by atoms with Crippen LogP contribution in [0.3, 0.4) is 0 Å². The minimum Gasteiger partial charge on any atom is -0.369 e. The van der Waals surface area contributed by atoms with Crippen LogP contribution in [-0.2, 0) is 10.4 Å². The van der Waals surface area contributed by atoms with E-state index in [0.717, 1.165) is 17.8 Å². The minimum absolute atomic E-state index is 0.0951. The maximum absolute atomic E-state index is 13.0. The van der Waals surface area contributed by atoms with Gasteiger partial charge in [0.2, 0.25) is 5.91 Å². The van der Waals surface area contributed by atoms with Crippen molar-refractivity contribution in [3.63, 3.8) is 0 Å². The Morgan fingerprint density at radius 3 is 2.24 bits per heavy atom. The molecule has 1 heterocycles. The lowest BCUT2D eigenvalue weighted by molar-refractivity contribution is -0.376. The van der Waals surface area contributed by atoms with Crippen LogP contribution in [-0.4, -0.2) is 35.2 Å². The molecule has 1 amide bonds. The fourth-order valence-electron chi connectivity index (χ4n) is 2.57. The van der Waals surface area contributed by atoms with E-state index in [4.69, 9.17) is 0 Å². The van der Waals surface area contributed by atoms with Crippen LogP contribution in [0.5, 0.6) is 0 Å². The number of aliphatic hydroxyl groups is 1. The number of hydrogen-bond donors (Lipinski definition) is 1. The minimum atomic E-state index is -5.94. The highest BCUT2D eigenvalue weighted by Crippen LogP contribution is 2.52. The third-order valence-electron chi connectivity index (χ3n) is 4.00. The van der Waals surface area contributed by atoms with Gasteiger partial charge in [-0.15, -0.1) is 11.8 Å². The molecule has 3 nitrogen and oxygen atoms in total. The molecular weight excluding hydrogens is 372 g/mol. The molecule has 0 fully saturated rings. The first-order valence-electron chi connectivity index (χ1n) is 7.28. The number of rotatable bonds is 2. The molecule has 1 aromatic carbocycles. The van der Waals surface area contributed by atoms with Crippen molar-refractivity contribution in [1.82, 2.24) is 0 Å². The van der Waals surface area contributed by atoms with Gasteiger partial charge in [0.1, 0.15) is 0 Å². The van der Waals surface area contributed by atoms with E-state index in [9.17, 15) is 36.2 Å². The molecule has 10 heteroatoms. The summed E-state index contributed by atoms with van der Waals surface area (Å²) in [6, 6.07) is 2.23. The summed E-state index contributed by atoms with van der Waals surface area (Å²) in [7, 11) is 0. The summed E-state index contributed by atoms with van der Waals surface area (Å²) in [5.74, 6) is -0.366. The molecule has 0 aromatic heterocycles. The van der Waals surface area contributed by atoms with Gasteiger partial charge >= 0.3 is 12.4 Å². The van der Waals surface area contributed by atoms with E-state index in [0.29, 0.717) is 25.1 Å². The standard InChI is InChI=1S/C15H15F6NO2S/c1-3-10-7-22(8(2)23)11-5-4-9(6-12(11)25-10)13(24,14(16,17)18)15(19,20)21/h4-6,10,24H,3,7H2,1-2H3/t10-/m0/s1. The molecule has 0 saturated heterocycles. The van der Waals surface area contributed by atoms with Crippen molar-refractivity contribution >= 4 is 23.4 Å². The van der Waals surface area contributed by atoms with Gasteiger partial charge in [0.25, 0.3) is 5.60 Å². The predicted molar refractivity (Wildman–Crippen MR) is 80.4 cm³/mol. The Morgan fingerprint density at radius 1 is 1.24 bits per heavy atom. The molecule has 0 aliphatic carbocycles. The lowest BCUT2D eigenvalue weighted by Crippen LogP contribution is -2.54. The van der Waals surface area contributed by atoms with Crippen LogP contribution in [0.4, 0.5) is 32.0 Å². The van der Waals surface area contributed by atoms with Crippen molar-refractivity contribution in [3.05, 3.63) is 23.8 Å². The molecule has 1 N–H and O–H groups in total. The van der Waals surface area contributed by atoms with Gasteiger partial charge in [-0.2, -0.15) is 26.3 Å². The lowest BCUT2D eigenvalue weighted by atomic mass is 9.92. The van der Waals surface area contributed by atoms with E-state index in [1.807, 2.05) is 0 Å². The summed E-state index contributed by atoms with van der Waals surface area (Å²) in [5.41, 5.74) is -6.06. The highest BCUT2D eigenvalue weighted by atomic mass is 32.2. The van der Waals surface area contributed by atoms with E-state index < -0.39 is 23.5 Å². The number of anilines is 1. The summed E-state index contributed by atoms with van der Waals surface area (Å²) in [6.45, 7) is 3.38. The van der Waals surface area contributed by atoms with E-state index in [1.165, 1.54) is 11.8 Å². The number of carbonyl (C=O) groups excluding carboxylic acids is 1. The van der Waals surface area contributed by atoms with Gasteiger partial charge in [-0.1, -0.05) is 13.0 Å². The van der Waals surface area contributed by atoms with Crippen molar-refractivity contribution in [2.75, 3.05) is 11.4 Å². The number of fused-ring (bicyclic) bond motifs is 1. The normalized spacial score (nSPS) is 18.9. The maximum atomic E-state index is 13.0. The summed E-state index contributed by atoms with van der Waals surface area (Å²) in [5, 5.41) is 9.35. The Bertz CT molecular complexity index is 659. The van der Waals surface area contributed by atoms with E-state index in [2.05, 4.69) is 0 Å². The molecule has 2 rings (SSSR count). The second-order valence-corrected chi connectivity index (χ2v) is 7.01. The Kier molecular flexibility index (Phi) is 5.08. The molecule has 0 bridgehead atoms. The summed E-state index contributed by atoms with van der Waals surface area (Å²) < 4.78 is 78.1. The monoisotopic (exact) mass is 387 g/mol. The van der Waals surface area contributed by atoms with Crippen molar-refractivity contribution in [1.29, 1.82) is 0 Å². The molecule has 0 spiro atoms. The number of hydrogen-bond acceptors (Lipinski definition) is 3. The zero-order valence-electron chi connectivity index (χ0n) is 13.2. The fourth-order valence-corrected chi connectivity index (χ4v) is 3.82. The Hall–Kier alpha value is -1.42. The number of halogens is 6. The first kappa shape index (κ1) is 19.9. The number of amides is 1. The van der Waals surface area contributed by atoms with Crippen LogP contribution >= 0.6 is 11.8 Å². The van der Waals surface area contributed by atoms with Gasteiger partial charge in [0.05, 0.1) is 5.69 Å². The maximum Gasteiger partial charge on any atom is 0.430 e. The highest BCUT2D eigenvalue weighted by Gasteiger charge is 2.71. The molecule has 1 aliphatic rings. The van der Waals surface area contributed by atoms with Crippen molar-refractivity contribution < 1.29 is 36.2 Å². The molecule has 1 aromatic rings. The average molecular weight is 387 g/mol. The molecule has 140 valence electrons. The van der Waals surface area contributed by atoms with Crippen molar-refractivity contribution in [2.24, 2.45) is 0 Å². The number of benzene rings is 1. The molecule has 0 radical (unpaired) electrons. The Labute approximate surface area is 144 Å². The van der Waals surface area contributed by atoms with Crippen LogP contribution in [0.1, 0.15) is 25.8 Å². The van der Waals surface area contributed by atoms with Crippen LogP contribution in [0.25, 0.3) is 0 Å². The third kappa shape index (κ3) is 3.33. The lowest BCUT2D eigenvalue weighted by Gasteiger charge is -2.36. The number of thioether (sulfide) groups is 1. The predicted octanol–water partition coefficient (Wildman–Crippen LogP) is 4.24. The van der Waals surface area contributed by atoms with Crippen molar-refractivity contribution in [3.8, 4) is 0 Å². The van der Waals surface area contributed by atoms with Gasteiger partial charge in [0, 0.05) is 29.2 Å². The summed E-state index contributed by atoms with van der Waals surface area (Å²) >= 11 is 1.09. The number of carbonyl (C=O) groups is 1. The van der Waals surface area contributed by atoms with Gasteiger partial charge in [-0.05, 0) is 18.6 Å². The second kappa shape index (κ2) is 6.39. The highest BCUT2D eigenvalue weighted by molar-refractivity contribution is 8.00. The average Bonchev–Trinajstić information content (AvgIpc) is 2.49. The fraction of sp³-hybridized carbons (Fsp3) is 0.533. The zero-order chi connectivity index (χ0) is 19.2. The Balaban J connectivity index is 2.62. The summed E-state index contributed by atoms with van der Waals surface area (Å²) in [4.78, 5) is 13.1. The largest absolute Gasteiger partial charge is 0.430 e. The van der Waals surface area contributed by atoms with Crippen LogP contribution < -0.4 is 4.90 Å². The molecule has 1 atom stereocenters. The number of alkyl halides is 6. The van der Waals surface area contributed by atoms with Gasteiger partial charge in [-0.25, -0.2) is 0 Å². The molecular formula is C15H15F6NO2S. The SMILES string of the molecule is CC[C@H]1CN(C(C)=O)c2ccc(C(O)(C(F)(F)F)C(F)(F)F)cc2S1. The Morgan fingerprint density at radius 2 is 1.80 bits per heavy atom. The van der Waals surface area contributed by atoms with Crippen molar-refractivity contribution in [2.45, 2.75) is 48.4 Å². The quantitative estimate of drug-likeness (QED) is 0.772. The first-order chi connectivity index (χ1) is 11.3. The topological polar surface area (TPSA) is 40.5 Å². The third-order valence-corrected chi connectivity index (χ3v) is 5.40. The van der Waals surface area contributed by atoms with Gasteiger partial charge in [0.15, 0.2) is 0 Å². The van der Waals surface area contributed by atoms with Gasteiger partial charge < -0.3 is 10.0 Å². The molecule has 1 aliphatic heterocycles. The van der Waals surface area contributed by atoms with Crippen LogP contribution in [0, 0.1) is 0 Å². The smallest absolute Gasteiger partial charge is 0.369 e. The molecule has 25 heavy (non-hydrogen) atoms. The zero-order valence-corrected chi connectivity index (χ0v) is 14.0. The number of nitrogens with zero attached hydrogens (tertiary/aromatic N) is 1. The van der Waals surface area contributed by atoms with Crippen LogP contribution in [0.2, 0.25) is 0 Å². The summed E-state index contributed by atoms with van der Waals surface area (Å²) in [6.07, 6.45) is -11.3. The molecule has 0 unspecified atom stereocenters. The second-order valence-electron chi connectivity index (χ2n) is 5.67. The van der Waals surface area contributed by atoms with Gasteiger partial charge in [-0.3, -0.25) is 4.79 Å². The first-order valence-corrected chi connectivity index (χ1v) is 8.16.